The summed E-state index contributed by atoms with van der Waals surface area (Å²) in [5.74, 6) is -0.651. The molecule has 0 unspecified atom stereocenters. The van der Waals surface area contributed by atoms with Gasteiger partial charge in [-0.2, -0.15) is 5.26 Å². The molecule has 3 rings (SSSR count). The summed E-state index contributed by atoms with van der Waals surface area (Å²) in [4.78, 5) is 14.2. The zero-order valence-corrected chi connectivity index (χ0v) is 16.0. The van der Waals surface area contributed by atoms with E-state index in [9.17, 15) is 19.8 Å². The van der Waals surface area contributed by atoms with Crippen LogP contribution in [-0.4, -0.2) is 9.91 Å². The SMILES string of the molecule is Cc1cccc(Nc2nc(N)c(N=Nc3ccc([N+](=O)[O-])cc3F)c(C)c2C#N)c1. The van der Waals surface area contributed by atoms with Gasteiger partial charge in [-0.3, -0.25) is 10.1 Å². The smallest absolute Gasteiger partial charge is 0.272 e. The normalized spacial score (nSPS) is 10.7. The van der Waals surface area contributed by atoms with Gasteiger partial charge < -0.3 is 11.1 Å². The maximum Gasteiger partial charge on any atom is 0.272 e. The lowest BCUT2D eigenvalue weighted by Crippen LogP contribution is -2.03. The Balaban J connectivity index is 1.98. The molecule has 0 atom stereocenters. The number of nitrogens with one attached hydrogen (secondary N) is 1. The number of nitriles is 1. The molecule has 0 aliphatic rings. The van der Waals surface area contributed by atoms with E-state index in [-0.39, 0.29) is 28.6 Å². The number of azo groups is 1. The number of nitrogens with two attached hydrogens (primary N) is 1. The fraction of sp³-hybridized carbons (Fsp3) is 0.100. The van der Waals surface area contributed by atoms with E-state index in [1.54, 1.807) is 6.92 Å². The molecule has 1 aromatic heterocycles. The van der Waals surface area contributed by atoms with Gasteiger partial charge in [0.15, 0.2) is 17.5 Å². The first-order chi connectivity index (χ1) is 14.3. The van der Waals surface area contributed by atoms with Crippen LogP contribution in [0.3, 0.4) is 0 Å². The van der Waals surface area contributed by atoms with Crippen LogP contribution in [0, 0.1) is 41.1 Å². The van der Waals surface area contributed by atoms with Crippen molar-refractivity contribution in [2.75, 3.05) is 11.1 Å². The zero-order valence-electron chi connectivity index (χ0n) is 16.0. The first-order valence-corrected chi connectivity index (χ1v) is 8.69. The first-order valence-electron chi connectivity index (χ1n) is 8.69. The number of nitrogen functional groups attached to an aromatic ring is 1. The highest BCUT2D eigenvalue weighted by Crippen LogP contribution is 2.34. The fourth-order valence-corrected chi connectivity index (χ4v) is 2.72. The van der Waals surface area contributed by atoms with Crippen LogP contribution in [-0.2, 0) is 0 Å². The molecule has 0 aliphatic heterocycles. The third-order valence-corrected chi connectivity index (χ3v) is 4.23. The van der Waals surface area contributed by atoms with E-state index in [4.69, 9.17) is 5.73 Å². The highest BCUT2D eigenvalue weighted by Gasteiger charge is 2.17. The van der Waals surface area contributed by atoms with E-state index in [0.29, 0.717) is 5.56 Å². The Kier molecular flexibility index (Phi) is 5.64. The molecule has 0 amide bonds. The number of hydrogen-bond acceptors (Lipinski definition) is 8. The molecule has 9 nitrogen and oxygen atoms in total. The van der Waals surface area contributed by atoms with Crippen molar-refractivity contribution in [1.29, 1.82) is 5.26 Å². The molecule has 0 bridgehead atoms. The van der Waals surface area contributed by atoms with Gasteiger partial charge in [0, 0.05) is 17.3 Å². The summed E-state index contributed by atoms with van der Waals surface area (Å²) in [7, 11) is 0. The Morgan fingerprint density at radius 1 is 1.23 bits per heavy atom. The van der Waals surface area contributed by atoms with Crippen molar-refractivity contribution in [2.45, 2.75) is 13.8 Å². The topological polar surface area (TPSA) is 143 Å². The minimum atomic E-state index is -0.907. The van der Waals surface area contributed by atoms with Crippen LogP contribution in [0.4, 0.5) is 38.8 Å². The zero-order chi connectivity index (χ0) is 21.8. The maximum atomic E-state index is 14.0. The minimum absolute atomic E-state index is 0.00674. The van der Waals surface area contributed by atoms with Gasteiger partial charge in [0.1, 0.15) is 17.4 Å². The largest absolute Gasteiger partial charge is 0.382 e. The van der Waals surface area contributed by atoms with Crippen molar-refractivity contribution >= 4 is 34.4 Å². The molecule has 0 radical (unpaired) electrons. The monoisotopic (exact) mass is 405 g/mol. The van der Waals surface area contributed by atoms with E-state index in [0.717, 1.165) is 29.4 Å². The molecule has 0 saturated heterocycles. The second kappa shape index (κ2) is 8.32. The molecular weight excluding hydrogens is 389 g/mol. The molecule has 0 saturated carbocycles. The number of nitro benzene ring substituents is 1. The Morgan fingerprint density at radius 3 is 2.63 bits per heavy atom. The van der Waals surface area contributed by atoms with Crippen molar-refractivity contribution in [3.8, 4) is 6.07 Å². The van der Waals surface area contributed by atoms with Crippen molar-refractivity contribution in [1.82, 2.24) is 4.98 Å². The van der Waals surface area contributed by atoms with Crippen molar-refractivity contribution in [3.63, 3.8) is 0 Å². The number of halogens is 1. The number of aromatic nitrogens is 1. The minimum Gasteiger partial charge on any atom is -0.382 e. The number of rotatable bonds is 5. The summed E-state index contributed by atoms with van der Waals surface area (Å²) in [5.41, 5.74) is 7.88. The number of benzene rings is 2. The number of nitrogens with zero attached hydrogens (tertiary/aromatic N) is 5. The van der Waals surface area contributed by atoms with Gasteiger partial charge >= 0.3 is 0 Å². The molecule has 150 valence electrons. The molecule has 2 aromatic carbocycles. The van der Waals surface area contributed by atoms with Crippen LogP contribution < -0.4 is 11.1 Å². The lowest BCUT2D eigenvalue weighted by molar-refractivity contribution is -0.385. The van der Waals surface area contributed by atoms with Gasteiger partial charge in [-0.05, 0) is 37.6 Å². The highest BCUT2D eigenvalue weighted by atomic mass is 19.1. The summed E-state index contributed by atoms with van der Waals surface area (Å²) in [6.45, 7) is 3.56. The van der Waals surface area contributed by atoms with E-state index >= 15 is 0 Å². The predicted octanol–water partition coefficient (Wildman–Crippen LogP) is 5.36. The van der Waals surface area contributed by atoms with E-state index in [2.05, 4.69) is 26.6 Å². The standard InChI is InChI=1S/C20H16FN7O2/c1-11-4-3-5-13(8-11)24-20-15(10-22)12(2)18(19(23)25-20)27-26-17-7-6-14(28(29)30)9-16(17)21/h3-9H,1-2H3,(H3,23,24,25). The Labute approximate surface area is 170 Å². The quantitative estimate of drug-likeness (QED) is 0.332. The van der Waals surface area contributed by atoms with Gasteiger partial charge in [0.25, 0.3) is 5.69 Å². The molecular formula is C20H16FN7O2. The third-order valence-electron chi connectivity index (χ3n) is 4.23. The average Bonchev–Trinajstić information content (AvgIpc) is 2.68. The number of anilines is 3. The van der Waals surface area contributed by atoms with Crippen molar-refractivity contribution < 1.29 is 9.31 Å². The predicted molar refractivity (Wildman–Crippen MR) is 110 cm³/mol. The molecule has 3 aromatic rings. The van der Waals surface area contributed by atoms with Crippen LogP contribution >= 0.6 is 0 Å². The van der Waals surface area contributed by atoms with E-state index in [1.165, 1.54) is 0 Å². The number of pyridine rings is 1. The second-order valence-electron chi connectivity index (χ2n) is 6.39. The summed E-state index contributed by atoms with van der Waals surface area (Å²) >= 11 is 0. The summed E-state index contributed by atoms with van der Waals surface area (Å²) in [5, 5.41) is 31.1. The maximum absolute atomic E-state index is 14.0. The Hall–Kier alpha value is -4.39. The second-order valence-corrected chi connectivity index (χ2v) is 6.39. The summed E-state index contributed by atoms with van der Waals surface area (Å²) < 4.78 is 14.0. The molecule has 30 heavy (non-hydrogen) atoms. The number of hydrogen-bond donors (Lipinski definition) is 2. The molecule has 0 fully saturated rings. The van der Waals surface area contributed by atoms with Gasteiger partial charge in [0.2, 0.25) is 0 Å². The lowest BCUT2D eigenvalue weighted by Gasteiger charge is -2.12. The summed E-state index contributed by atoms with van der Waals surface area (Å²) in [6.07, 6.45) is 0. The van der Waals surface area contributed by atoms with Crippen LogP contribution in [0.15, 0.2) is 52.7 Å². The van der Waals surface area contributed by atoms with Crippen LogP contribution in [0.2, 0.25) is 0 Å². The van der Waals surface area contributed by atoms with Crippen molar-refractivity contribution in [2.24, 2.45) is 10.2 Å². The Morgan fingerprint density at radius 2 is 2.00 bits per heavy atom. The van der Waals surface area contributed by atoms with Crippen LogP contribution in [0.1, 0.15) is 16.7 Å². The van der Waals surface area contributed by atoms with Gasteiger partial charge in [0.05, 0.1) is 16.6 Å². The molecule has 0 spiro atoms. The molecule has 0 aliphatic carbocycles. The molecule has 1 heterocycles. The Bertz CT molecular complexity index is 1220. The van der Waals surface area contributed by atoms with Crippen LogP contribution in [0.25, 0.3) is 0 Å². The van der Waals surface area contributed by atoms with Gasteiger partial charge in [-0.1, -0.05) is 12.1 Å². The molecule has 3 N–H and O–H groups in total. The summed E-state index contributed by atoms with van der Waals surface area (Å²) in [6, 6.07) is 12.6. The number of non-ortho nitro benzene ring substituents is 1. The third kappa shape index (κ3) is 4.20. The lowest BCUT2D eigenvalue weighted by atomic mass is 10.1. The van der Waals surface area contributed by atoms with E-state index in [1.807, 2.05) is 31.2 Å². The number of nitro groups is 1. The van der Waals surface area contributed by atoms with E-state index < -0.39 is 16.4 Å². The first kappa shape index (κ1) is 20.3. The van der Waals surface area contributed by atoms with Crippen molar-refractivity contribution in [3.05, 3.63) is 75.1 Å². The highest BCUT2D eigenvalue weighted by molar-refractivity contribution is 5.75. The van der Waals surface area contributed by atoms with Gasteiger partial charge in [-0.25, -0.2) is 9.37 Å². The average molecular weight is 405 g/mol. The van der Waals surface area contributed by atoms with Gasteiger partial charge in [-0.15, -0.1) is 10.2 Å². The molecule has 10 heteroatoms. The number of aryl methyl sites for hydroxylation is 1. The van der Waals surface area contributed by atoms with Crippen LogP contribution in [0.5, 0.6) is 0 Å². The fourth-order valence-electron chi connectivity index (χ4n) is 2.72.